The van der Waals surface area contributed by atoms with E-state index in [4.69, 9.17) is 26.3 Å². The number of benzene rings is 2. The molecule has 3 aromatic rings. The highest BCUT2D eigenvalue weighted by Gasteiger charge is 2.46. The van der Waals surface area contributed by atoms with Gasteiger partial charge in [-0.15, -0.1) is 5.92 Å². The molecule has 0 bridgehead atoms. The molecule has 4 aliphatic heterocycles. The van der Waals surface area contributed by atoms with Crippen LogP contribution in [0.1, 0.15) is 37.4 Å². The Balaban J connectivity index is 1.19. The zero-order chi connectivity index (χ0) is 31.8. The number of fused-ring (bicyclic) bond motifs is 2. The van der Waals surface area contributed by atoms with Crippen LogP contribution < -0.4 is 19.9 Å². The third-order valence-electron chi connectivity index (χ3n) is 9.81. The van der Waals surface area contributed by atoms with Gasteiger partial charge in [0.1, 0.15) is 18.5 Å². The number of nitriles is 1. The first-order valence-electron chi connectivity index (χ1n) is 16.2. The number of likely N-dealkylation sites (tertiary alicyclic amines) is 1. The van der Waals surface area contributed by atoms with E-state index in [-0.39, 0.29) is 30.5 Å². The molecule has 10 nitrogen and oxygen atoms in total. The van der Waals surface area contributed by atoms with Crippen LogP contribution in [-0.4, -0.2) is 96.2 Å². The number of rotatable bonds is 7. The molecule has 46 heavy (non-hydrogen) atoms. The van der Waals surface area contributed by atoms with Crippen molar-refractivity contribution in [2.75, 3.05) is 56.2 Å². The van der Waals surface area contributed by atoms with E-state index in [1.807, 2.05) is 17.0 Å². The summed E-state index contributed by atoms with van der Waals surface area (Å²) in [5.74, 6) is 6.81. The summed E-state index contributed by atoms with van der Waals surface area (Å²) in [6, 6.07) is 14.7. The lowest BCUT2D eigenvalue weighted by Gasteiger charge is -2.42. The number of halogens is 1. The van der Waals surface area contributed by atoms with Crippen LogP contribution in [0.15, 0.2) is 36.4 Å². The van der Waals surface area contributed by atoms with Gasteiger partial charge in [-0.1, -0.05) is 41.8 Å². The lowest BCUT2D eigenvalue weighted by molar-refractivity contribution is -0.133. The Morgan fingerprint density at radius 2 is 1.96 bits per heavy atom. The van der Waals surface area contributed by atoms with Crippen LogP contribution in [0.25, 0.3) is 10.8 Å². The second-order valence-electron chi connectivity index (χ2n) is 12.6. The van der Waals surface area contributed by atoms with Gasteiger partial charge in [-0.2, -0.15) is 15.2 Å². The number of carbonyl (C=O) groups excluding carboxylic acids is 1. The predicted octanol–water partition coefficient (Wildman–Crippen LogP) is 3.61. The van der Waals surface area contributed by atoms with Crippen LogP contribution in [0.3, 0.4) is 0 Å². The predicted molar refractivity (Wildman–Crippen MR) is 179 cm³/mol. The molecule has 5 heterocycles. The third-order valence-corrected chi connectivity index (χ3v) is 10.1. The van der Waals surface area contributed by atoms with Crippen molar-refractivity contribution in [2.24, 2.45) is 0 Å². The molecular formula is C35H39ClN8O2. The largest absolute Gasteiger partial charge is 0.462 e. The molecule has 11 heteroatoms. The van der Waals surface area contributed by atoms with Crippen molar-refractivity contribution in [2.45, 2.75) is 63.3 Å². The number of nitrogens with one attached hydrogen (secondary N) is 1. The second-order valence-corrected chi connectivity index (χ2v) is 13.0. The Hall–Kier alpha value is -4.09. The van der Waals surface area contributed by atoms with Crippen LogP contribution >= 0.6 is 11.6 Å². The molecule has 0 unspecified atom stereocenters. The van der Waals surface area contributed by atoms with E-state index in [0.717, 1.165) is 70.9 Å². The lowest BCUT2D eigenvalue weighted by Crippen LogP contribution is -2.57. The number of anilines is 2. The Morgan fingerprint density at radius 1 is 1.11 bits per heavy atom. The minimum atomic E-state index is -0.297. The fraction of sp³-hybridized carbons (Fsp3) is 0.486. The molecule has 238 valence electrons. The van der Waals surface area contributed by atoms with E-state index in [2.05, 4.69) is 69.2 Å². The zero-order valence-corrected chi connectivity index (χ0v) is 27.1. The van der Waals surface area contributed by atoms with E-state index in [0.29, 0.717) is 44.8 Å². The van der Waals surface area contributed by atoms with Crippen molar-refractivity contribution in [1.82, 2.24) is 25.1 Å². The summed E-state index contributed by atoms with van der Waals surface area (Å²) in [4.78, 5) is 32.2. The minimum Gasteiger partial charge on any atom is -0.462 e. The second kappa shape index (κ2) is 13.0. The number of aromatic nitrogens is 2. The summed E-state index contributed by atoms with van der Waals surface area (Å²) in [7, 11) is 2.14. The molecule has 1 aromatic heterocycles. The molecule has 2 aromatic carbocycles. The van der Waals surface area contributed by atoms with Crippen LogP contribution in [0.2, 0.25) is 5.02 Å². The minimum absolute atomic E-state index is 0.0199. The molecule has 0 aliphatic carbocycles. The first-order valence-corrected chi connectivity index (χ1v) is 16.6. The third kappa shape index (κ3) is 5.93. The van der Waals surface area contributed by atoms with Crippen molar-refractivity contribution in [3.63, 3.8) is 0 Å². The van der Waals surface area contributed by atoms with E-state index < -0.39 is 0 Å². The number of hydrogen-bond donors (Lipinski definition) is 1. The Kier molecular flexibility index (Phi) is 8.61. The number of piperazine rings is 1. The van der Waals surface area contributed by atoms with E-state index in [1.54, 1.807) is 6.92 Å². The van der Waals surface area contributed by atoms with Gasteiger partial charge in [-0.3, -0.25) is 10.1 Å². The van der Waals surface area contributed by atoms with Crippen molar-refractivity contribution in [3.05, 3.63) is 52.7 Å². The normalized spacial score (nSPS) is 24.3. The fourth-order valence-corrected chi connectivity index (χ4v) is 7.53. The molecule has 1 amide bonds. The first-order chi connectivity index (χ1) is 22.4. The maximum atomic E-state index is 13.4. The van der Waals surface area contributed by atoms with Crippen LogP contribution in [-0.2, 0) is 17.8 Å². The number of likely N-dealkylation sites (N-methyl/N-ethyl adjacent to an activating group) is 1. The summed E-state index contributed by atoms with van der Waals surface area (Å²) >= 11 is 6.72. The Labute approximate surface area is 275 Å². The van der Waals surface area contributed by atoms with Gasteiger partial charge in [-0.05, 0) is 57.3 Å². The molecule has 7 rings (SSSR count). The lowest BCUT2D eigenvalue weighted by atomic mass is 10.0. The SMILES string of the molecule is CC#C[C@H]1N[C@@H]1C(=O)N1CCN(c2nc(OC[C@@H]3CCCN3C)nc3c2CCN(c2cccc4cccc(Cl)c24)C3)C[C@@H]1CC#N. The molecule has 0 radical (unpaired) electrons. The maximum Gasteiger partial charge on any atom is 0.318 e. The van der Waals surface area contributed by atoms with Gasteiger partial charge in [0.25, 0.3) is 0 Å². The summed E-state index contributed by atoms with van der Waals surface area (Å²) in [5, 5.41) is 15.8. The van der Waals surface area contributed by atoms with Gasteiger partial charge < -0.3 is 24.3 Å². The van der Waals surface area contributed by atoms with Gasteiger partial charge in [0.2, 0.25) is 5.91 Å². The van der Waals surface area contributed by atoms with Gasteiger partial charge >= 0.3 is 6.01 Å². The number of nitrogens with zero attached hydrogens (tertiary/aromatic N) is 7. The molecule has 4 atom stereocenters. The summed E-state index contributed by atoms with van der Waals surface area (Å²) in [6.45, 7) is 6.41. The van der Waals surface area contributed by atoms with Crippen molar-refractivity contribution >= 4 is 39.8 Å². The van der Waals surface area contributed by atoms with Crippen molar-refractivity contribution in [1.29, 1.82) is 5.26 Å². The zero-order valence-electron chi connectivity index (χ0n) is 26.4. The topological polar surface area (TPSA) is 111 Å². The van der Waals surface area contributed by atoms with Crippen molar-refractivity contribution < 1.29 is 9.53 Å². The van der Waals surface area contributed by atoms with Gasteiger partial charge in [0.05, 0.1) is 41.8 Å². The average molecular weight is 639 g/mol. The van der Waals surface area contributed by atoms with Gasteiger partial charge in [0, 0.05) is 48.9 Å². The summed E-state index contributed by atoms with van der Waals surface area (Å²) in [5.41, 5.74) is 3.13. The molecule has 3 saturated heterocycles. The monoisotopic (exact) mass is 638 g/mol. The Bertz CT molecular complexity index is 1740. The molecule has 1 N–H and O–H groups in total. The molecule has 0 spiro atoms. The number of hydrogen-bond acceptors (Lipinski definition) is 9. The highest BCUT2D eigenvalue weighted by atomic mass is 35.5. The number of carbonyl (C=O) groups is 1. The van der Waals surface area contributed by atoms with Gasteiger partial charge in [0.15, 0.2) is 0 Å². The van der Waals surface area contributed by atoms with Crippen LogP contribution in [0, 0.1) is 23.2 Å². The Morgan fingerprint density at radius 3 is 2.74 bits per heavy atom. The summed E-state index contributed by atoms with van der Waals surface area (Å²) in [6.07, 6.45) is 3.26. The maximum absolute atomic E-state index is 13.4. The molecule has 3 fully saturated rings. The fourth-order valence-electron chi connectivity index (χ4n) is 7.25. The molecule has 4 aliphatic rings. The highest BCUT2D eigenvalue weighted by molar-refractivity contribution is 6.36. The van der Waals surface area contributed by atoms with Crippen LogP contribution in [0.5, 0.6) is 6.01 Å². The molecule has 0 saturated carbocycles. The van der Waals surface area contributed by atoms with E-state index in [1.165, 1.54) is 0 Å². The highest BCUT2D eigenvalue weighted by Crippen LogP contribution is 2.37. The first kappa shape index (κ1) is 30.6. The number of ether oxygens (including phenoxy) is 1. The average Bonchev–Trinajstić information content (AvgIpc) is 3.72. The number of amides is 1. The van der Waals surface area contributed by atoms with Crippen molar-refractivity contribution in [3.8, 4) is 23.9 Å². The molecular weight excluding hydrogens is 600 g/mol. The van der Waals surface area contributed by atoms with Crippen LogP contribution in [0.4, 0.5) is 11.5 Å². The van der Waals surface area contributed by atoms with E-state index in [9.17, 15) is 10.1 Å². The summed E-state index contributed by atoms with van der Waals surface area (Å²) < 4.78 is 6.33. The smallest absolute Gasteiger partial charge is 0.318 e. The van der Waals surface area contributed by atoms with Gasteiger partial charge in [-0.25, -0.2) is 0 Å². The standard InChI is InChI=1S/C35H39ClN8O2/c1-3-7-28-32(38-28)34(45)44-19-18-43(20-24(44)13-15-37)33-26-14-17-42(30-12-5-9-23-8-4-11-27(36)31(23)30)21-29(26)39-35(40-33)46-22-25-10-6-16-41(25)2/h4-5,8-9,11-12,24-25,28,32,38H,6,10,13-14,16-22H2,1-2H3/t24-,25-,28+,32-/m0/s1. The van der Waals surface area contributed by atoms with E-state index >= 15 is 0 Å². The quantitative estimate of drug-likeness (QED) is 0.307.